The van der Waals surface area contributed by atoms with Gasteiger partial charge in [0.25, 0.3) is 5.91 Å². The lowest BCUT2D eigenvalue weighted by molar-refractivity contribution is -0.274. The number of hydrogen-bond acceptors (Lipinski definition) is 8. The maximum atomic E-state index is 13.6. The van der Waals surface area contributed by atoms with Gasteiger partial charge >= 0.3 is 6.36 Å². The molecule has 0 unspecified atom stereocenters. The highest BCUT2D eigenvalue weighted by Crippen LogP contribution is 2.41. The first-order valence-electron chi connectivity index (χ1n) is 16.9. The molecule has 0 spiro atoms. The fourth-order valence-corrected chi connectivity index (χ4v) is 6.72. The molecule has 0 aliphatic carbocycles. The Morgan fingerprint density at radius 3 is 2.24 bits per heavy atom. The quantitative estimate of drug-likeness (QED) is 0.162. The Hall–Kier alpha value is -3.79. The fraction of sp³-hybridized carbons (Fsp3) is 0.405. The number of benzene rings is 2. The second kappa shape index (κ2) is 18.4. The van der Waals surface area contributed by atoms with Crippen molar-refractivity contribution in [2.75, 3.05) is 43.5 Å². The third-order valence-corrected chi connectivity index (χ3v) is 9.57. The summed E-state index contributed by atoms with van der Waals surface area (Å²) in [5, 5.41) is 5.98. The van der Waals surface area contributed by atoms with Crippen LogP contribution in [0.5, 0.6) is 5.75 Å². The summed E-state index contributed by atoms with van der Waals surface area (Å²) >= 11 is 6.54. The lowest BCUT2D eigenvalue weighted by Gasteiger charge is -2.42. The summed E-state index contributed by atoms with van der Waals surface area (Å²) in [5.41, 5.74) is 1.67. The Balaban J connectivity index is 0.00000271. The third kappa shape index (κ3) is 10.7. The molecule has 3 N–H and O–H groups in total. The molecule has 0 saturated carbocycles. The first-order valence-corrected chi connectivity index (χ1v) is 17.3. The van der Waals surface area contributed by atoms with Gasteiger partial charge in [0.2, 0.25) is 5.91 Å². The normalized spacial score (nSPS) is 18.5. The summed E-state index contributed by atoms with van der Waals surface area (Å²) in [4.78, 5) is 42.2. The zero-order valence-electron chi connectivity index (χ0n) is 30.7. The molecule has 0 bridgehead atoms. The van der Waals surface area contributed by atoms with Crippen molar-refractivity contribution in [3.05, 3.63) is 77.3 Å². The molecular weight excluding hydrogens is 805 g/mol. The van der Waals surface area contributed by atoms with E-state index in [0.717, 1.165) is 36.1 Å². The number of carbonyl (C=O) groups is 2. The summed E-state index contributed by atoms with van der Waals surface area (Å²) in [6.07, 6.45) is -1.01. The number of nitrogens with one attached hydrogen (secondary N) is 3. The van der Waals surface area contributed by atoms with Gasteiger partial charge in [0.05, 0.1) is 40.3 Å². The van der Waals surface area contributed by atoms with E-state index in [-0.39, 0.29) is 83.2 Å². The maximum absolute atomic E-state index is 13.6. The lowest BCUT2D eigenvalue weighted by Crippen LogP contribution is -2.56. The molecule has 0 radical (unpaired) electrons. The number of ether oxygens (including phenoxy) is 2. The van der Waals surface area contributed by atoms with E-state index in [9.17, 15) is 22.8 Å². The smallest absolute Gasteiger partial charge is 0.405 e. The predicted octanol–water partition coefficient (Wildman–Crippen LogP) is 8.34. The zero-order valence-corrected chi connectivity index (χ0v) is 33.9. The molecule has 2 fully saturated rings. The summed E-state index contributed by atoms with van der Waals surface area (Å²) in [7, 11) is 1.67. The number of pyridine rings is 1. The van der Waals surface area contributed by atoms with Crippen molar-refractivity contribution in [3.8, 4) is 28.1 Å². The van der Waals surface area contributed by atoms with Crippen LogP contribution in [0, 0.1) is 5.41 Å². The van der Waals surface area contributed by atoms with Crippen molar-refractivity contribution in [3.63, 3.8) is 0 Å². The van der Waals surface area contributed by atoms with Crippen LogP contribution in [0.2, 0.25) is 5.02 Å². The van der Waals surface area contributed by atoms with E-state index in [0.29, 0.717) is 31.0 Å². The number of aromatic amines is 1. The molecule has 2 amide bonds. The Morgan fingerprint density at radius 1 is 0.964 bits per heavy atom. The van der Waals surface area contributed by atoms with Crippen LogP contribution in [0.25, 0.3) is 22.4 Å². The molecule has 3 atom stereocenters. The fourth-order valence-electron chi connectivity index (χ4n) is 6.51. The number of methoxy groups -OCH3 is 1. The molecule has 300 valence electrons. The van der Waals surface area contributed by atoms with Crippen molar-refractivity contribution in [2.45, 2.75) is 58.7 Å². The van der Waals surface area contributed by atoms with Crippen molar-refractivity contribution < 1.29 is 32.2 Å². The van der Waals surface area contributed by atoms with E-state index < -0.39 is 23.4 Å². The molecule has 2 saturated heterocycles. The van der Waals surface area contributed by atoms with Gasteiger partial charge in [-0.25, -0.2) is 9.97 Å². The van der Waals surface area contributed by atoms with E-state index >= 15 is 0 Å². The molecule has 2 aromatic carbocycles. The second-order valence-corrected chi connectivity index (χ2v) is 14.5. The molecular formula is C37H44Cl4F3N7O4. The number of H-pyrrole nitrogens is 1. The van der Waals surface area contributed by atoms with Crippen molar-refractivity contribution in [2.24, 2.45) is 5.41 Å². The van der Waals surface area contributed by atoms with Gasteiger partial charge in [0.15, 0.2) is 0 Å². The van der Waals surface area contributed by atoms with E-state index in [1.807, 2.05) is 32.6 Å². The van der Waals surface area contributed by atoms with E-state index in [2.05, 4.69) is 35.2 Å². The lowest BCUT2D eigenvalue weighted by atomic mass is 9.94. The SMILES string of the molecule is CO[C@@H]1CN[C@H](c2ncc(-c3ccc(-c4cc(Cl)c(NC(=O)c5ccc(N6CCN(C(=O)C(C)(C)C)C[C@H]6C)nc5)cc4OC(F)(F)F)cc3)[nH]2)C1.Cl.Cl.Cl. The second-order valence-electron chi connectivity index (χ2n) is 14.1. The van der Waals surface area contributed by atoms with Crippen LogP contribution in [0.1, 0.15) is 56.3 Å². The molecule has 18 heteroatoms. The summed E-state index contributed by atoms with van der Waals surface area (Å²) in [5.74, 6) is 0.351. The molecule has 2 aromatic heterocycles. The highest BCUT2D eigenvalue weighted by atomic mass is 35.5. The van der Waals surface area contributed by atoms with Crippen LogP contribution in [0.15, 0.2) is 60.9 Å². The van der Waals surface area contributed by atoms with Gasteiger partial charge in [-0.15, -0.1) is 50.4 Å². The van der Waals surface area contributed by atoms with Gasteiger partial charge in [-0.3, -0.25) is 9.59 Å². The highest BCUT2D eigenvalue weighted by Gasteiger charge is 2.34. The average molecular weight is 850 g/mol. The van der Waals surface area contributed by atoms with Crippen molar-refractivity contribution in [1.82, 2.24) is 25.2 Å². The van der Waals surface area contributed by atoms with Gasteiger partial charge in [-0.05, 0) is 42.7 Å². The molecule has 2 aliphatic rings. The molecule has 4 heterocycles. The minimum Gasteiger partial charge on any atom is -0.405 e. The number of hydrogen-bond donors (Lipinski definition) is 3. The number of aromatic nitrogens is 3. The van der Waals surface area contributed by atoms with Crippen LogP contribution in [-0.4, -0.2) is 83.5 Å². The van der Waals surface area contributed by atoms with E-state index in [1.165, 1.54) is 12.3 Å². The Kier molecular flexibility index (Phi) is 15.3. The number of anilines is 2. The number of rotatable bonds is 8. The van der Waals surface area contributed by atoms with Crippen LogP contribution < -0.4 is 20.3 Å². The Bertz CT molecular complexity index is 1930. The number of carbonyl (C=O) groups excluding carboxylic acids is 2. The standard InChI is InChI=1S/C37H41ClF3N7O4.3ClH/c1-21-20-47(35(50)36(2,3)4)12-13-48(21)32-11-10-24(17-43-32)34(49)46-28-16-31(52-37(39,40)41)26(15-27(28)38)22-6-8-23(9-7-22)30-19-44-33(45-30)29-14-25(51-5)18-42-29;;;/h6-11,15-17,19,21,25,29,42H,12-14,18,20H2,1-5H3,(H,44,45)(H,46,49);3*1H/t21-,25+,29+;;;/m1.../s1. The highest BCUT2D eigenvalue weighted by molar-refractivity contribution is 6.34. The third-order valence-electron chi connectivity index (χ3n) is 9.26. The number of nitrogens with zero attached hydrogens (tertiary/aromatic N) is 4. The summed E-state index contributed by atoms with van der Waals surface area (Å²) in [6.45, 7) is 10.1. The monoisotopic (exact) mass is 847 g/mol. The minimum atomic E-state index is -5.01. The first-order chi connectivity index (χ1) is 24.6. The Labute approximate surface area is 341 Å². The van der Waals surface area contributed by atoms with E-state index in [1.54, 1.807) is 49.7 Å². The maximum Gasteiger partial charge on any atom is 0.573 e. The van der Waals surface area contributed by atoms with Crippen LogP contribution >= 0.6 is 48.8 Å². The number of piperazine rings is 1. The van der Waals surface area contributed by atoms with Crippen molar-refractivity contribution >= 4 is 72.1 Å². The van der Waals surface area contributed by atoms with E-state index in [4.69, 9.17) is 16.3 Å². The molecule has 4 aromatic rings. The number of imidazole rings is 1. The summed E-state index contributed by atoms with van der Waals surface area (Å²) < 4.78 is 50.6. The average Bonchev–Trinajstić information content (AvgIpc) is 3.79. The van der Waals surface area contributed by atoms with Crippen molar-refractivity contribution in [1.29, 1.82) is 0 Å². The predicted molar refractivity (Wildman–Crippen MR) is 214 cm³/mol. The Morgan fingerprint density at radius 2 is 1.65 bits per heavy atom. The first kappa shape index (κ1) is 45.6. The van der Waals surface area contributed by atoms with Gasteiger partial charge < -0.3 is 34.9 Å². The minimum absolute atomic E-state index is 0. The van der Waals surface area contributed by atoms with Crippen LogP contribution in [0.4, 0.5) is 24.7 Å². The zero-order chi connectivity index (χ0) is 37.4. The van der Waals surface area contributed by atoms with Crippen LogP contribution in [-0.2, 0) is 9.53 Å². The van der Waals surface area contributed by atoms with Gasteiger partial charge in [-0.1, -0.05) is 56.6 Å². The number of halogens is 7. The van der Waals surface area contributed by atoms with Gasteiger partial charge in [0, 0.05) is 62.6 Å². The topological polar surface area (TPSA) is 125 Å². The van der Waals surface area contributed by atoms with Gasteiger partial charge in [0.1, 0.15) is 17.4 Å². The van der Waals surface area contributed by atoms with Crippen LogP contribution in [0.3, 0.4) is 0 Å². The van der Waals surface area contributed by atoms with Gasteiger partial charge in [-0.2, -0.15) is 0 Å². The molecule has 6 rings (SSSR count). The molecule has 11 nitrogen and oxygen atoms in total. The number of alkyl halides is 3. The largest absolute Gasteiger partial charge is 0.573 e. The molecule has 55 heavy (non-hydrogen) atoms. The summed E-state index contributed by atoms with van der Waals surface area (Å²) in [6, 6.07) is 12.5. The number of amides is 2. The molecule has 2 aliphatic heterocycles.